The standard InChI is InChI=1S/C10H17N3O2/c1-6(2)8(11)4-9(14)13-10-12-7(3)5-15-10/h5-6,8H,4,11H2,1-3H3,(H,12,13,14). The van der Waals surface area contributed by atoms with E-state index in [4.69, 9.17) is 10.2 Å². The van der Waals surface area contributed by atoms with Gasteiger partial charge in [-0.1, -0.05) is 13.8 Å². The maximum Gasteiger partial charge on any atom is 0.301 e. The van der Waals surface area contributed by atoms with E-state index in [2.05, 4.69) is 10.3 Å². The van der Waals surface area contributed by atoms with E-state index in [1.807, 2.05) is 13.8 Å². The van der Waals surface area contributed by atoms with Crippen molar-refractivity contribution < 1.29 is 9.21 Å². The number of anilines is 1. The lowest BCUT2D eigenvalue weighted by atomic mass is 10.0. The number of oxazole rings is 1. The Balaban J connectivity index is 2.43. The Kier molecular flexibility index (Phi) is 3.85. The molecular formula is C10H17N3O2. The number of carbonyl (C=O) groups is 1. The predicted octanol–water partition coefficient (Wildman–Crippen LogP) is 1.29. The van der Waals surface area contributed by atoms with Crippen molar-refractivity contribution in [2.24, 2.45) is 11.7 Å². The minimum atomic E-state index is -0.168. The number of rotatable bonds is 4. The molecule has 0 aliphatic heterocycles. The lowest BCUT2D eigenvalue weighted by molar-refractivity contribution is -0.116. The molecule has 0 aromatic carbocycles. The minimum absolute atomic E-state index is 0.138. The second-order valence-electron chi connectivity index (χ2n) is 3.95. The number of hydrogen-bond acceptors (Lipinski definition) is 4. The molecule has 0 spiro atoms. The summed E-state index contributed by atoms with van der Waals surface area (Å²) in [7, 11) is 0. The second kappa shape index (κ2) is 4.93. The first-order chi connectivity index (χ1) is 6.99. The van der Waals surface area contributed by atoms with Crippen molar-refractivity contribution in [2.75, 3.05) is 5.32 Å². The van der Waals surface area contributed by atoms with Gasteiger partial charge in [0.05, 0.1) is 5.69 Å². The Labute approximate surface area is 89.1 Å². The molecule has 1 heterocycles. The molecule has 1 rings (SSSR count). The lowest BCUT2D eigenvalue weighted by Crippen LogP contribution is -2.31. The summed E-state index contributed by atoms with van der Waals surface area (Å²) in [6.45, 7) is 5.75. The molecule has 0 aliphatic rings. The van der Waals surface area contributed by atoms with Crippen LogP contribution >= 0.6 is 0 Å². The summed E-state index contributed by atoms with van der Waals surface area (Å²) in [4.78, 5) is 15.4. The van der Waals surface area contributed by atoms with Crippen LogP contribution in [-0.4, -0.2) is 16.9 Å². The van der Waals surface area contributed by atoms with Crippen molar-refractivity contribution in [3.8, 4) is 0 Å². The van der Waals surface area contributed by atoms with Gasteiger partial charge in [-0.3, -0.25) is 10.1 Å². The van der Waals surface area contributed by atoms with Gasteiger partial charge in [0.2, 0.25) is 5.91 Å². The fourth-order valence-electron chi connectivity index (χ4n) is 1.03. The van der Waals surface area contributed by atoms with E-state index < -0.39 is 0 Å². The van der Waals surface area contributed by atoms with Gasteiger partial charge in [-0.2, -0.15) is 4.98 Å². The zero-order valence-electron chi connectivity index (χ0n) is 9.28. The second-order valence-corrected chi connectivity index (χ2v) is 3.95. The number of nitrogens with one attached hydrogen (secondary N) is 1. The molecule has 5 nitrogen and oxygen atoms in total. The summed E-state index contributed by atoms with van der Waals surface area (Å²) < 4.78 is 4.99. The molecule has 1 amide bonds. The smallest absolute Gasteiger partial charge is 0.301 e. The van der Waals surface area contributed by atoms with E-state index in [0.717, 1.165) is 5.69 Å². The van der Waals surface area contributed by atoms with Crippen molar-refractivity contribution in [2.45, 2.75) is 33.2 Å². The van der Waals surface area contributed by atoms with Crippen LogP contribution in [0, 0.1) is 12.8 Å². The van der Waals surface area contributed by atoms with Crippen LogP contribution in [-0.2, 0) is 4.79 Å². The Morgan fingerprint density at radius 2 is 2.33 bits per heavy atom. The number of amides is 1. The molecule has 84 valence electrons. The molecule has 0 radical (unpaired) electrons. The van der Waals surface area contributed by atoms with Crippen molar-refractivity contribution in [3.05, 3.63) is 12.0 Å². The molecular weight excluding hydrogens is 194 g/mol. The molecule has 1 aromatic rings. The quantitative estimate of drug-likeness (QED) is 0.786. The number of aryl methyl sites for hydroxylation is 1. The largest absolute Gasteiger partial charge is 0.432 e. The summed E-state index contributed by atoms with van der Waals surface area (Å²) >= 11 is 0. The van der Waals surface area contributed by atoms with Crippen molar-refractivity contribution in [1.29, 1.82) is 0 Å². The van der Waals surface area contributed by atoms with Crippen LogP contribution in [0.15, 0.2) is 10.7 Å². The average Bonchev–Trinajstić information content (AvgIpc) is 2.50. The molecule has 1 aromatic heterocycles. The summed E-state index contributed by atoms with van der Waals surface area (Å²) in [6, 6.07) is 0.0921. The first kappa shape index (κ1) is 11.7. The monoisotopic (exact) mass is 211 g/mol. The van der Waals surface area contributed by atoms with Crippen LogP contribution in [0.1, 0.15) is 26.0 Å². The minimum Gasteiger partial charge on any atom is -0.432 e. The topological polar surface area (TPSA) is 81.2 Å². The average molecular weight is 211 g/mol. The fraction of sp³-hybridized carbons (Fsp3) is 0.600. The molecule has 0 fully saturated rings. The van der Waals surface area contributed by atoms with Crippen LogP contribution in [0.5, 0.6) is 0 Å². The Morgan fingerprint density at radius 3 is 2.80 bits per heavy atom. The third kappa shape index (κ3) is 3.71. The zero-order chi connectivity index (χ0) is 11.4. The maximum atomic E-state index is 11.4. The van der Waals surface area contributed by atoms with Gasteiger partial charge in [0.25, 0.3) is 0 Å². The SMILES string of the molecule is Cc1coc(NC(=O)CC(N)C(C)C)n1. The first-order valence-corrected chi connectivity index (χ1v) is 4.96. The number of carbonyl (C=O) groups excluding carboxylic acids is 1. The highest BCUT2D eigenvalue weighted by molar-refractivity contribution is 5.89. The maximum absolute atomic E-state index is 11.4. The zero-order valence-corrected chi connectivity index (χ0v) is 9.28. The Bertz CT molecular complexity index is 333. The Morgan fingerprint density at radius 1 is 1.67 bits per heavy atom. The number of hydrogen-bond donors (Lipinski definition) is 2. The van der Waals surface area contributed by atoms with E-state index in [-0.39, 0.29) is 30.3 Å². The molecule has 1 atom stereocenters. The molecule has 0 saturated carbocycles. The van der Waals surface area contributed by atoms with Gasteiger partial charge in [-0.15, -0.1) is 0 Å². The molecule has 0 saturated heterocycles. The summed E-state index contributed by atoms with van der Waals surface area (Å²) in [6.07, 6.45) is 1.76. The number of nitrogens with two attached hydrogens (primary N) is 1. The molecule has 0 bridgehead atoms. The van der Waals surface area contributed by atoms with Crippen molar-refractivity contribution in [1.82, 2.24) is 4.98 Å². The molecule has 1 unspecified atom stereocenters. The highest BCUT2D eigenvalue weighted by atomic mass is 16.4. The first-order valence-electron chi connectivity index (χ1n) is 4.96. The third-order valence-corrected chi connectivity index (χ3v) is 2.14. The van der Waals surface area contributed by atoms with Gasteiger partial charge >= 0.3 is 6.01 Å². The van der Waals surface area contributed by atoms with Gasteiger partial charge in [0.15, 0.2) is 0 Å². The summed E-state index contributed by atoms with van der Waals surface area (Å²) in [5.41, 5.74) is 6.50. The van der Waals surface area contributed by atoms with Gasteiger partial charge in [0.1, 0.15) is 6.26 Å². The molecule has 5 heteroatoms. The van der Waals surface area contributed by atoms with E-state index in [9.17, 15) is 4.79 Å². The fourth-order valence-corrected chi connectivity index (χ4v) is 1.03. The molecule has 0 aliphatic carbocycles. The third-order valence-electron chi connectivity index (χ3n) is 2.14. The van der Waals surface area contributed by atoms with Crippen molar-refractivity contribution in [3.63, 3.8) is 0 Å². The highest BCUT2D eigenvalue weighted by Gasteiger charge is 2.14. The van der Waals surface area contributed by atoms with Crippen LogP contribution in [0.25, 0.3) is 0 Å². The Hall–Kier alpha value is -1.36. The van der Waals surface area contributed by atoms with Gasteiger partial charge in [-0.05, 0) is 12.8 Å². The summed E-state index contributed by atoms with van der Waals surface area (Å²) in [5, 5.41) is 2.55. The van der Waals surface area contributed by atoms with E-state index in [0.29, 0.717) is 0 Å². The number of nitrogens with zero attached hydrogens (tertiary/aromatic N) is 1. The van der Waals surface area contributed by atoms with Crippen molar-refractivity contribution >= 4 is 11.9 Å². The molecule has 3 N–H and O–H groups in total. The van der Waals surface area contributed by atoms with E-state index in [1.54, 1.807) is 6.92 Å². The normalized spacial score (nSPS) is 12.9. The predicted molar refractivity (Wildman–Crippen MR) is 57.3 cm³/mol. The van der Waals surface area contributed by atoms with Crippen LogP contribution in [0.2, 0.25) is 0 Å². The van der Waals surface area contributed by atoms with Crippen LogP contribution < -0.4 is 11.1 Å². The lowest BCUT2D eigenvalue weighted by Gasteiger charge is -2.13. The van der Waals surface area contributed by atoms with Crippen LogP contribution in [0.3, 0.4) is 0 Å². The van der Waals surface area contributed by atoms with Gasteiger partial charge in [0, 0.05) is 12.5 Å². The van der Waals surface area contributed by atoms with E-state index in [1.165, 1.54) is 6.26 Å². The summed E-state index contributed by atoms with van der Waals surface area (Å²) in [5.74, 6) is 0.111. The van der Waals surface area contributed by atoms with Crippen LogP contribution in [0.4, 0.5) is 6.01 Å². The van der Waals surface area contributed by atoms with E-state index >= 15 is 0 Å². The van der Waals surface area contributed by atoms with Gasteiger partial charge in [-0.25, -0.2) is 0 Å². The highest BCUT2D eigenvalue weighted by Crippen LogP contribution is 2.08. The molecule has 15 heavy (non-hydrogen) atoms. The number of aromatic nitrogens is 1. The van der Waals surface area contributed by atoms with Gasteiger partial charge < -0.3 is 10.2 Å².